The van der Waals surface area contributed by atoms with Crippen molar-refractivity contribution >= 4 is 39.5 Å². The fraction of sp³-hybridized carbons (Fsp3) is 0.685. The van der Waals surface area contributed by atoms with E-state index < -0.39 is 97.5 Å². The largest absolute Gasteiger partial charge is 0.472 e. The molecule has 0 rings (SSSR count). The van der Waals surface area contributed by atoms with Crippen molar-refractivity contribution in [2.45, 2.75) is 354 Å². The van der Waals surface area contributed by atoms with Crippen LogP contribution in [0.3, 0.4) is 0 Å². The number of carbonyl (C=O) groups excluding carboxylic acids is 4. The highest BCUT2D eigenvalue weighted by molar-refractivity contribution is 7.47. The van der Waals surface area contributed by atoms with Crippen LogP contribution in [-0.2, 0) is 65.4 Å². The Morgan fingerprint density at radius 3 is 0.843 bits per heavy atom. The third-order valence-electron chi connectivity index (χ3n) is 17.3. The van der Waals surface area contributed by atoms with Crippen molar-refractivity contribution < 1.29 is 80.2 Å². The Balaban J connectivity index is 5.43. The molecule has 0 aliphatic rings. The van der Waals surface area contributed by atoms with Crippen LogP contribution in [0.5, 0.6) is 0 Å². The Morgan fingerprint density at radius 1 is 0.278 bits per heavy atom. The van der Waals surface area contributed by atoms with Crippen LogP contribution in [0.1, 0.15) is 336 Å². The maximum absolute atomic E-state index is 13.1. The predicted octanol–water partition coefficient (Wildman–Crippen LogP) is 25.0. The van der Waals surface area contributed by atoms with Gasteiger partial charge in [0.15, 0.2) is 12.2 Å². The quantitative estimate of drug-likeness (QED) is 0.0169. The van der Waals surface area contributed by atoms with Gasteiger partial charge in [-0.15, -0.1) is 0 Å². The van der Waals surface area contributed by atoms with Crippen molar-refractivity contribution in [2.24, 2.45) is 0 Å². The molecule has 0 radical (unpaired) electrons. The van der Waals surface area contributed by atoms with Crippen LogP contribution >= 0.6 is 15.6 Å². The van der Waals surface area contributed by atoms with Gasteiger partial charge in [0, 0.05) is 19.3 Å². The molecule has 3 N–H and O–H groups in total. The topological polar surface area (TPSA) is 237 Å². The van der Waals surface area contributed by atoms with E-state index in [1.165, 1.54) is 83.5 Å². The summed E-state index contributed by atoms with van der Waals surface area (Å²) >= 11 is 0. The van der Waals surface area contributed by atoms with Gasteiger partial charge in [0.05, 0.1) is 32.8 Å². The Bertz CT molecular complexity index is 2610. The predicted molar refractivity (Wildman–Crippen MR) is 445 cm³/mol. The highest BCUT2D eigenvalue weighted by Crippen LogP contribution is 2.45. The lowest BCUT2D eigenvalue weighted by molar-refractivity contribution is -0.161. The van der Waals surface area contributed by atoms with E-state index >= 15 is 0 Å². The van der Waals surface area contributed by atoms with E-state index in [1.807, 2.05) is 12.2 Å². The summed E-state index contributed by atoms with van der Waals surface area (Å²) in [5.41, 5.74) is 0. The highest BCUT2D eigenvalue weighted by Gasteiger charge is 2.30. The zero-order valence-electron chi connectivity index (χ0n) is 67.7. The van der Waals surface area contributed by atoms with E-state index in [0.29, 0.717) is 25.7 Å². The third-order valence-corrected chi connectivity index (χ3v) is 19.2. The van der Waals surface area contributed by atoms with Gasteiger partial charge in [0.2, 0.25) is 0 Å². The molecule has 5 unspecified atom stereocenters. The molecule has 618 valence electrons. The molecular formula is C89H150O17P2. The number of phosphoric acid groups is 2. The maximum atomic E-state index is 13.1. The number of phosphoric ester groups is 2. The zero-order chi connectivity index (χ0) is 78.9. The molecule has 0 aromatic heterocycles. The number of carbonyl (C=O) groups is 4. The molecule has 0 fully saturated rings. The van der Waals surface area contributed by atoms with E-state index in [4.69, 9.17) is 37.0 Å². The van der Waals surface area contributed by atoms with Gasteiger partial charge in [-0.1, -0.05) is 328 Å². The Labute approximate surface area is 656 Å². The summed E-state index contributed by atoms with van der Waals surface area (Å²) in [5.74, 6) is -2.35. The van der Waals surface area contributed by atoms with Crippen molar-refractivity contribution in [2.75, 3.05) is 39.6 Å². The molecule has 0 bridgehead atoms. The Morgan fingerprint density at radius 2 is 0.519 bits per heavy atom. The number of unbranched alkanes of at least 4 members (excludes halogenated alkanes) is 29. The summed E-state index contributed by atoms with van der Waals surface area (Å²) in [6.45, 7) is 4.51. The summed E-state index contributed by atoms with van der Waals surface area (Å²) in [6, 6.07) is 0. The second-order valence-electron chi connectivity index (χ2n) is 27.7. The summed E-state index contributed by atoms with van der Waals surface area (Å²) < 4.78 is 68.6. The fourth-order valence-corrected chi connectivity index (χ4v) is 12.6. The molecule has 0 aliphatic carbocycles. The second-order valence-corrected chi connectivity index (χ2v) is 30.6. The van der Waals surface area contributed by atoms with Gasteiger partial charge in [0.1, 0.15) is 19.3 Å². The number of aliphatic hydroxyl groups is 1. The number of ether oxygens (including phenoxy) is 4. The van der Waals surface area contributed by atoms with Crippen LogP contribution in [0.4, 0.5) is 0 Å². The molecule has 0 spiro atoms. The fourth-order valence-electron chi connectivity index (χ4n) is 11.0. The molecule has 19 heteroatoms. The minimum atomic E-state index is -5.01. The van der Waals surface area contributed by atoms with E-state index in [2.05, 4.69) is 149 Å². The number of hydrogen-bond donors (Lipinski definition) is 3. The van der Waals surface area contributed by atoms with Crippen molar-refractivity contribution in [3.63, 3.8) is 0 Å². The number of esters is 4. The van der Waals surface area contributed by atoms with Gasteiger partial charge in [-0.2, -0.15) is 0 Å². The number of aliphatic hydroxyl groups excluding tert-OH is 1. The molecule has 0 heterocycles. The van der Waals surface area contributed by atoms with Crippen molar-refractivity contribution in [1.82, 2.24) is 0 Å². The average molecular weight is 1550 g/mol. The van der Waals surface area contributed by atoms with Crippen molar-refractivity contribution in [1.29, 1.82) is 0 Å². The molecule has 0 aromatic carbocycles. The molecule has 0 saturated carbocycles. The first-order valence-electron chi connectivity index (χ1n) is 42.1. The molecule has 0 aliphatic heterocycles. The minimum absolute atomic E-state index is 0.0890. The number of rotatable bonds is 78. The lowest BCUT2D eigenvalue weighted by Gasteiger charge is -2.21. The van der Waals surface area contributed by atoms with Gasteiger partial charge < -0.3 is 33.8 Å². The van der Waals surface area contributed by atoms with Crippen molar-refractivity contribution in [3.8, 4) is 0 Å². The molecule has 108 heavy (non-hydrogen) atoms. The zero-order valence-corrected chi connectivity index (χ0v) is 69.5. The Hall–Kier alpha value is -5.06. The first-order chi connectivity index (χ1) is 52.7. The van der Waals surface area contributed by atoms with Crippen LogP contribution in [0.2, 0.25) is 0 Å². The van der Waals surface area contributed by atoms with E-state index in [9.17, 15) is 43.2 Å². The molecule has 0 amide bonds. The van der Waals surface area contributed by atoms with Crippen LogP contribution in [0.15, 0.2) is 146 Å². The molecule has 17 nitrogen and oxygen atoms in total. The molecular weight excluding hydrogens is 1400 g/mol. The van der Waals surface area contributed by atoms with Gasteiger partial charge in [-0.05, 0) is 128 Å². The van der Waals surface area contributed by atoms with Crippen molar-refractivity contribution in [3.05, 3.63) is 146 Å². The van der Waals surface area contributed by atoms with Gasteiger partial charge in [-0.25, -0.2) is 9.13 Å². The second kappa shape index (κ2) is 80.0. The van der Waals surface area contributed by atoms with Crippen LogP contribution in [0.25, 0.3) is 0 Å². The lowest BCUT2D eigenvalue weighted by Crippen LogP contribution is -2.30. The number of hydrogen-bond acceptors (Lipinski definition) is 15. The van der Waals surface area contributed by atoms with Crippen LogP contribution in [-0.4, -0.2) is 96.7 Å². The molecule has 5 atom stereocenters. The van der Waals surface area contributed by atoms with Gasteiger partial charge >= 0.3 is 39.5 Å². The first kappa shape index (κ1) is 103. The summed E-state index contributed by atoms with van der Waals surface area (Å²) in [4.78, 5) is 73.1. The third kappa shape index (κ3) is 79.0. The lowest BCUT2D eigenvalue weighted by atomic mass is 10.0. The minimum Gasteiger partial charge on any atom is -0.462 e. The Kier molecular flexibility index (Phi) is 76.3. The summed E-state index contributed by atoms with van der Waals surface area (Å²) in [6.07, 6.45) is 92.7. The smallest absolute Gasteiger partial charge is 0.462 e. The molecule has 0 saturated heterocycles. The van der Waals surface area contributed by atoms with E-state index in [1.54, 1.807) is 12.2 Å². The highest BCUT2D eigenvalue weighted by atomic mass is 31.2. The normalized spacial score (nSPS) is 14.5. The summed E-state index contributed by atoms with van der Waals surface area (Å²) in [5, 5.41) is 10.7. The maximum Gasteiger partial charge on any atom is 0.472 e. The monoisotopic (exact) mass is 1550 g/mol. The van der Waals surface area contributed by atoms with Crippen LogP contribution < -0.4 is 0 Å². The SMILES string of the molecule is CC/C=C\C/C=C\C/C=C\C/C=C\C/C=C\CC(=O)OC(COC(=O)CCCCCCCC/C=C\C/C=C\C/C=C\CCCCC)COP(=O)(O)OCC(O)COP(=O)(O)OCC(COC(=O)CCCCCCCC/C=C\C/C=C\C/C=C\C/C=C\CC)OC(=O)CCCCCCCCCCCCCCCCC. The molecule has 0 aromatic rings. The average Bonchev–Trinajstić information content (AvgIpc) is 0.907. The van der Waals surface area contributed by atoms with Gasteiger partial charge in [-0.3, -0.25) is 37.3 Å². The van der Waals surface area contributed by atoms with Crippen LogP contribution in [0, 0.1) is 0 Å². The van der Waals surface area contributed by atoms with E-state index in [0.717, 1.165) is 173 Å². The summed E-state index contributed by atoms with van der Waals surface area (Å²) in [7, 11) is -10.0. The standard InChI is InChI=1S/C89H150O17P2/c1-5-9-13-17-21-25-29-33-37-39-41-43-47-49-53-57-61-65-69-73-86(91)99-79-84(105-88(93)75-71-67-63-59-55-51-45-35-31-27-23-19-15-11-7-3)81-103-107(95,96)101-77-83(90)78-102-108(97,98)104-82-85(106-89(94)76-72-68-64-60-56-52-46-36-32-28-24-20-16-12-8-4)80-100-87(92)74-70-66-62-58-54-50-48-44-42-40-38-34-30-26-22-18-14-10-6-2/h9,12-13,16,21-22,24-26,28,33-34,36-38,41-44,46,56,60,68,72,83-85,90H,5-8,10-11,14-15,17-20,23,27,29-32,35,39-40,45,47-55,57-59,61-67,69-71,73-82H2,1-4H3,(H,95,96)(H,97,98)/b13-9-,16-12-,25-21-,26-22-,28-24-,37-33-,38-34-,43-41-,44-42-,46-36-,60-56-,72-68-. The first-order valence-corrected chi connectivity index (χ1v) is 45.1. The van der Waals surface area contributed by atoms with E-state index in [-0.39, 0.29) is 25.7 Å². The van der Waals surface area contributed by atoms with Gasteiger partial charge in [0.25, 0.3) is 0 Å². The number of allylic oxidation sites excluding steroid dienone is 23.